The predicted octanol–water partition coefficient (Wildman–Crippen LogP) is 2.05. The maximum absolute atomic E-state index is 11.9. The van der Waals surface area contributed by atoms with Crippen LogP contribution in [-0.4, -0.2) is 78.5 Å². The van der Waals surface area contributed by atoms with Crippen molar-refractivity contribution in [3.8, 4) is 5.88 Å². The molecule has 0 spiro atoms. The SMILES string of the molecule is COc1ccc2nccc(N3CCN(CC(O)CNC(=O)OCc4ccccc4)CC3)c2n1. The Morgan fingerprint density at radius 1 is 1.12 bits per heavy atom. The van der Waals surface area contributed by atoms with Gasteiger partial charge in [-0.15, -0.1) is 0 Å². The fourth-order valence-electron chi connectivity index (χ4n) is 3.87. The lowest BCUT2D eigenvalue weighted by Gasteiger charge is -2.37. The number of anilines is 1. The number of piperazine rings is 1. The third kappa shape index (κ3) is 6.09. The number of alkyl carbamates (subject to hydrolysis) is 1. The summed E-state index contributed by atoms with van der Waals surface area (Å²) in [6.07, 6.45) is 0.591. The Morgan fingerprint density at radius 2 is 1.91 bits per heavy atom. The van der Waals surface area contributed by atoms with Crippen molar-refractivity contribution in [2.75, 3.05) is 51.3 Å². The number of carbonyl (C=O) groups excluding carboxylic acids is 1. The van der Waals surface area contributed by atoms with Crippen molar-refractivity contribution in [2.45, 2.75) is 12.7 Å². The predicted molar refractivity (Wildman–Crippen MR) is 125 cm³/mol. The van der Waals surface area contributed by atoms with Crippen LogP contribution in [-0.2, 0) is 11.3 Å². The summed E-state index contributed by atoms with van der Waals surface area (Å²) in [6, 6.07) is 15.2. The third-order valence-corrected chi connectivity index (χ3v) is 5.62. The highest BCUT2D eigenvalue weighted by molar-refractivity contribution is 5.88. The van der Waals surface area contributed by atoms with E-state index >= 15 is 0 Å². The fourth-order valence-corrected chi connectivity index (χ4v) is 3.87. The van der Waals surface area contributed by atoms with Crippen LogP contribution in [0.3, 0.4) is 0 Å². The van der Waals surface area contributed by atoms with E-state index < -0.39 is 12.2 Å². The molecule has 9 nitrogen and oxygen atoms in total. The molecule has 1 aromatic carbocycles. The molecule has 3 heterocycles. The second kappa shape index (κ2) is 10.9. The summed E-state index contributed by atoms with van der Waals surface area (Å²) >= 11 is 0. The molecule has 4 rings (SSSR count). The number of pyridine rings is 2. The maximum atomic E-state index is 11.9. The number of methoxy groups -OCH3 is 1. The first kappa shape index (κ1) is 22.8. The highest BCUT2D eigenvalue weighted by atomic mass is 16.5. The van der Waals surface area contributed by atoms with E-state index in [0.717, 1.165) is 48.5 Å². The molecule has 0 bridgehead atoms. The molecule has 2 aromatic heterocycles. The van der Waals surface area contributed by atoms with Gasteiger partial charge in [0.1, 0.15) is 12.1 Å². The van der Waals surface area contributed by atoms with E-state index in [1.165, 1.54) is 0 Å². The Hall–Kier alpha value is -3.43. The molecule has 3 aromatic rings. The molecule has 0 aliphatic carbocycles. The van der Waals surface area contributed by atoms with Crippen LogP contribution < -0.4 is 15.0 Å². The fraction of sp³-hybridized carbons (Fsp3) is 0.375. The van der Waals surface area contributed by atoms with E-state index in [1.807, 2.05) is 48.5 Å². The van der Waals surface area contributed by atoms with Crippen LogP contribution in [0.15, 0.2) is 54.7 Å². The first-order valence-corrected chi connectivity index (χ1v) is 11.0. The number of aliphatic hydroxyl groups excluding tert-OH is 1. The van der Waals surface area contributed by atoms with Crippen molar-refractivity contribution < 1.29 is 19.4 Å². The van der Waals surface area contributed by atoms with E-state index in [2.05, 4.69) is 25.1 Å². The van der Waals surface area contributed by atoms with Crippen molar-refractivity contribution in [3.05, 3.63) is 60.3 Å². The van der Waals surface area contributed by atoms with Crippen molar-refractivity contribution in [1.82, 2.24) is 20.2 Å². The van der Waals surface area contributed by atoms with Gasteiger partial charge in [0, 0.05) is 51.5 Å². The van der Waals surface area contributed by atoms with Crippen molar-refractivity contribution >= 4 is 22.8 Å². The summed E-state index contributed by atoms with van der Waals surface area (Å²) in [7, 11) is 1.60. The molecule has 9 heteroatoms. The van der Waals surface area contributed by atoms with Crippen LogP contribution >= 0.6 is 0 Å². The molecule has 1 atom stereocenters. The molecule has 1 aliphatic rings. The van der Waals surface area contributed by atoms with Crippen molar-refractivity contribution in [2.24, 2.45) is 0 Å². The average Bonchev–Trinajstić information content (AvgIpc) is 2.86. The molecule has 1 amide bonds. The summed E-state index contributed by atoms with van der Waals surface area (Å²) in [5.41, 5.74) is 3.60. The minimum absolute atomic E-state index is 0.145. The van der Waals surface area contributed by atoms with Gasteiger partial charge in [0.05, 0.1) is 24.4 Å². The van der Waals surface area contributed by atoms with Gasteiger partial charge >= 0.3 is 6.09 Å². The van der Waals surface area contributed by atoms with Gasteiger partial charge in [0.2, 0.25) is 5.88 Å². The Labute approximate surface area is 193 Å². The number of β-amino-alcohol motifs (C(OH)–C–C–N with tert-alkyl or cyclic N) is 1. The Kier molecular flexibility index (Phi) is 7.54. The number of nitrogens with one attached hydrogen (secondary N) is 1. The van der Waals surface area contributed by atoms with E-state index in [9.17, 15) is 9.90 Å². The number of nitrogens with zero attached hydrogens (tertiary/aromatic N) is 4. The normalized spacial score (nSPS) is 15.3. The summed E-state index contributed by atoms with van der Waals surface area (Å²) in [5.74, 6) is 0.563. The van der Waals surface area contributed by atoms with Gasteiger partial charge in [-0.25, -0.2) is 9.78 Å². The number of fused-ring (bicyclic) bond motifs is 1. The van der Waals surface area contributed by atoms with Gasteiger partial charge < -0.3 is 24.8 Å². The highest BCUT2D eigenvalue weighted by Gasteiger charge is 2.21. The number of carbonyl (C=O) groups is 1. The molecule has 1 fully saturated rings. The zero-order valence-corrected chi connectivity index (χ0v) is 18.7. The minimum atomic E-state index is -0.673. The van der Waals surface area contributed by atoms with E-state index in [0.29, 0.717) is 12.4 Å². The molecule has 0 radical (unpaired) electrons. The topological polar surface area (TPSA) is 100 Å². The number of hydrogen-bond acceptors (Lipinski definition) is 8. The van der Waals surface area contributed by atoms with Gasteiger partial charge in [-0.1, -0.05) is 30.3 Å². The lowest BCUT2D eigenvalue weighted by atomic mass is 10.2. The standard InChI is InChI=1S/C24H29N5O4/c1-32-22-8-7-20-23(27-22)21(9-10-25-20)29-13-11-28(12-14-29)16-19(30)15-26-24(31)33-17-18-5-3-2-4-6-18/h2-10,19,30H,11-17H2,1H3,(H,26,31). The molecule has 2 N–H and O–H groups in total. The molecule has 1 aliphatic heterocycles. The van der Waals surface area contributed by atoms with Gasteiger partial charge in [0.25, 0.3) is 0 Å². The summed E-state index contributed by atoms with van der Waals surface area (Å²) in [5, 5.41) is 13.0. The molecule has 1 unspecified atom stereocenters. The zero-order valence-electron chi connectivity index (χ0n) is 18.7. The molecule has 1 saturated heterocycles. The lowest BCUT2D eigenvalue weighted by molar-refractivity contribution is 0.0981. The number of aliphatic hydroxyl groups is 1. The number of rotatable bonds is 8. The first-order valence-electron chi connectivity index (χ1n) is 11.0. The molecule has 174 valence electrons. The molecular formula is C24H29N5O4. The summed E-state index contributed by atoms with van der Waals surface area (Å²) in [6.45, 7) is 4.03. The third-order valence-electron chi connectivity index (χ3n) is 5.62. The van der Waals surface area contributed by atoms with Gasteiger partial charge in [-0.3, -0.25) is 9.88 Å². The highest BCUT2D eigenvalue weighted by Crippen LogP contribution is 2.26. The van der Waals surface area contributed by atoms with Gasteiger partial charge in [-0.2, -0.15) is 0 Å². The number of amides is 1. The molecule has 33 heavy (non-hydrogen) atoms. The average molecular weight is 452 g/mol. The van der Waals surface area contributed by atoms with Crippen LogP contribution in [0.5, 0.6) is 5.88 Å². The zero-order chi connectivity index (χ0) is 23.0. The second-order valence-corrected chi connectivity index (χ2v) is 7.94. The van der Waals surface area contributed by atoms with Crippen molar-refractivity contribution in [1.29, 1.82) is 0 Å². The number of benzene rings is 1. The van der Waals surface area contributed by atoms with Gasteiger partial charge in [0.15, 0.2) is 0 Å². The first-order chi connectivity index (χ1) is 16.1. The van der Waals surface area contributed by atoms with Crippen LogP contribution in [0.1, 0.15) is 5.56 Å². The van der Waals surface area contributed by atoms with E-state index in [4.69, 9.17) is 9.47 Å². The van der Waals surface area contributed by atoms with Crippen LogP contribution in [0.2, 0.25) is 0 Å². The van der Waals surface area contributed by atoms with Crippen LogP contribution in [0.4, 0.5) is 10.5 Å². The van der Waals surface area contributed by atoms with Crippen LogP contribution in [0, 0.1) is 0 Å². The molecule has 0 saturated carbocycles. The smallest absolute Gasteiger partial charge is 0.407 e. The van der Waals surface area contributed by atoms with Crippen LogP contribution in [0.25, 0.3) is 11.0 Å². The van der Waals surface area contributed by atoms with E-state index in [-0.39, 0.29) is 13.2 Å². The summed E-state index contributed by atoms with van der Waals surface area (Å²) in [4.78, 5) is 25.3. The molecular weight excluding hydrogens is 422 g/mol. The largest absolute Gasteiger partial charge is 0.481 e. The Morgan fingerprint density at radius 3 is 2.67 bits per heavy atom. The van der Waals surface area contributed by atoms with Gasteiger partial charge in [-0.05, 0) is 17.7 Å². The quantitative estimate of drug-likeness (QED) is 0.537. The maximum Gasteiger partial charge on any atom is 0.407 e. The van der Waals surface area contributed by atoms with Crippen molar-refractivity contribution in [3.63, 3.8) is 0 Å². The number of ether oxygens (including phenoxy) is 2. The number of aromatic nitrogens is 2. The monoisotopic (exact) mass is 451 g/mol. The van der Waals surface area contributed by atoms with E-state index in [1.54, 1.807) is 13.3 Å². The second-order valence-electron chi connectivity index (χ2n) is 7.94. The lowest BCUT2D eigenvalue weighted by Crippen LogP contribution is -2.50. The number of hydrogen-bond donors (Lipinski definition) is 2. The Bertz CT molecular complexity index is 1060. The minimum Gasteiger partial charge on any atom is -0.481 e. The Balaban J connectivity index is 1.22. The summed E-state index contributed by atoms with van der Waals surface area (Å²) < 4.78 is 10.5.